The number of hydrogen-bond acceptors (Lipinski definition) is 2. The quantitative estimate of drug-likeness (QED) is 0.653. The van der Waals surface area contributed by atoms with E-state index in [0.717, 1.165) is 19.3 Å². The number of ether oxygens (including phenoxy) is 1. The van der Waals surface area contributed by atoms with Crippen molar-refractivity contribution in [3.05, 3.63) is 71.3 Å². The van der Waals surface area contributed by atoms with Gasteiger partial charge in [-0.3, -0.25) is 0 Å². The van der Waals surface area contributed by atoms with Crippen molar-refractivity contribution in [2.24, 2.45) is 5.41 Å². The van der Waals surface area contributed by atoms with Gasteiger partial charge in [0.05, 0.1) is 0 Å². The average molecular weight is 392 g/mol. The highest BCUT2D eigenvalue weighted by molar-refractivity contribution is 5.67. The number of hydrogen-bond donors (Lipinski definition) is 1. The zero-order valence-corrected chi connectivity index (χ0v) is 17.5. The topological polar surface area (TPSA) is 38.3 Å². The summed E-state index contributed by atoms with van der Waals surface area (Å²) >= 11 is 0. The van der Waals surface area contributed by atoms with E-state index in [9.17, 15) is 4.79 Å². The number of benzene rings is 2. The smallest absolute Gasteiger partial charge is 0.407 e. The summed E-state index contributed by atoms with van der Waals surface area (Å²) in [6, 6.07) is 19.5. The number of nitrogens with one attached hydrogen (secondary N) is 1. The first-order chi connectivity index (χ1) is 14.2. The lowest BCUT2D eigenvalue weighted by atomic mass is 9.56. The lowest BCUT2D eigenvalue weighted by Gasteiger charge is -2.52. The Bertz CT molecular complexity index is 791. The fourth-order valence-corrected chi connectivity index (χ4v) is 5.10. The van der Waals surface area contributed by atoms with E-state index in [0.29, 0.717) is 12.5 Å². The largest absolute Gasteiger partial charge is 0.446 e. The summed E-state index contributed by atoms with van der Waals surface area (Å²) in [5, 5.41) is 2.95. The van der Waals surface area contributed by atoms with Gasteiger partial charge in [0.1, 0.15) is 6.10 Å². The van der Waals surface area contributed by atoms with Crippen LogP contribution in [0.25, 0.3) is 0 Å². The van der Waals surface area contributed by atoms with Crippen LogP contribution >= 0.6 is 0 Å². The zero-order valence-electron chi connectivity index (χ0n) is 17.5. The second kappa shape index (κ2) is 9.02. The van der Waals surface area contributed by atoms with Gasteiger partial charge in [0, 0.05) is 12.0 Å². The van der Waals surface area contributed by atoms with Crippen molar-refractivity contribution in [2.45, 2.75) is 70.3 Å². The minimum Gasteiger partial charge on any atom is -0.446 e. The van der Waals surface area contributed by atoms with Crippen LogP contribution in [0.1, 0.15) is 68.1 Å². The third kappa shape index (κ3) is 4.66. The van der Waals surface area contributed by atoms with Crippen molar-refractivity contribution in [1.82, 2.24) is 5.32 Å². The second-order valence-electron chi connectivity index (χ2n) is 8.83. The zero-order chi connectivity index (χ0) is 20.1. The number of aryl methyl sites for hydroxylation is 1. The van der Waals surface area contributed by atoms with E-state index < -0.39 is 0 Å². The van der Waals surface area contributed by atoms with E-state index in [1.54, 1.807) is 0 Å². The van der Waals surface area contributed by atoms with Crippen LogP contribution in [0, 0.1) is 5.41 Å². The minimum absolute atomic E-state index is 0.100. The number of carbonyl (C=O) groups is 1. The molecule has 2 aliphatic carbocycles. The van der Waals surface area contributed by atoms with Crippen molar-refractivity contribution in [1.29, 1.82) is 0 Å². The number of alkyl carbamates (subject to hydrolysis) is 1. The molecule has 1 atom stereocenters. The van der Waals surface area contributed by atoms with Crippen molar-refractivity contribution >= 4 is 6.09 Å². The summed E-state index contributed by atoms with van der Waals surface area (Å²) in [4.78, 5) is 12.3. The molecule has 3 nitrogen and oxygen atoms in total. The van der Waals surface area contributed by atoms with Crippen LogP contribution < -0.4 is 5.32 Å². The van der Waals surface area contributed by atoms with E-state index in [1.165, 1.54) is 48.8 Å². The summed E-state index contributed by atoms with van der Waals surface area (Å²) in [5.41, 5.74) is 4.29. The number of rotatable bonds is 6. The Hall–Kier alpha value is -2.29. The van der Waals surface area contributed by atoms with Crippen LogP contribution in [0.4, 0.5) is 4.79 Å². The third-order valence-electron chi connectivity index (χ3n) is 7.20. The van der Waals surface area contributed by atoms with Crippen LogP contribution in [-0.4, -0.2) is 18.7 Å². The fourth-order valence-electron chi connectivity index (χ4n) is 5.10. The summed E-state index contributed by atoms with van der Waals surface area (Å²) in [6.45, 7) is 2.79. The van der Waals surface area contributed by atoms with Gasteiger partial charge in [-0.25, -0.2) is 4.79 Å². The van der Waals surface area contributed by atoms with E-state index in [-0.39, 0.29) is 17.6 Å². The molecule has 1 unspecified atom stereocenters. The molecule has 2 aromatic carbocycles. The normalized spacial score (nSPS) is 26.0. The molecule has 0 bridgehead atoms. The van der Waals surface area contributed by atoms with Gasteiger partial charge in [0.15, 0.2) is 0 Å². The Morgan fingerprint density at radius 2 is 1.62 bits per heavy atom. The van der Waals surface area contributed by atoms with Crippen LogP contribution in [0.2, 0.25) is 0 Å². The Morgan fingerprint density at radius 3 is 2.24 bits per heavy atom. The summed E-state index contributed by atoms with van der Waals surface area (Å²) in [7, 11) is 0. The van der Waals surface area contributed by atoms with Crippen LogP contribution in [-0.2, 0) is 17.6 Å². The van der Waals surface area contributed by atoms with Gasteiger partial charge in [-0.1, -0.05) is 61.5 Å². The molecule has 0 heterocycles. The maximum Gasteiger partial charge on any atom is 0.407 e. The fraction of sp³-hybridized carbons (Fsp3) is 0.500. The van der Waals surface area contributed by atoms with Crippen molar-refractivity contribution < 1.29 is 9.53 Å². The molecule has 2 saturated carbocycles. The summed E-state index contributed by atoms with van der Waals surface area (Å²) < 4.78 is 5.85. The molecule has 0 aliphatic heterocycles. The Morgan fingerprint density at radius 1 is 0.966 bits per heavy atom. The lowest BCUT2D eigenvalue weighted by molar-refractivity contribution is -0.0947. The van der Waals surface area contributed by atoms with Crippen molar-refractivity contribution in [3.63, 3.8) is 0 Å². The van der Waals surface area contributed by atoms with Gasteiger partial charge < -0.3 is 10.1 Å². The third-order valence-corrected chi connectivity index (χ3v) is 7.20. The molecule has 1 N–H and O–H groups in total. The summed E-state index contributed by atoms with van der Waals surface area (Å²) in [5.74, 6) is 0.663. The monoisotopic (exact) mass is 391 g/mol. The SMILES string of the molecule is CCc1ccc(CCNC(=O)OC2CCC23CCC(c2ccccc2)CC3)cc1. The van der Waals surface area contributed by atoms with Crippen LogP contribution in [0.3, 0.4) is 0 Å². The van der Waals surface area contributed by atoms with Gasteiger partial charge in [0.25, 0.3) is 0 Å². The Labute approximate surface area is 174 Å². The molecule has 2 aromatic rings. The van der Waals surface area contributed by atoms with Crippen LogP contribution in [0.5, 0.6) is 0 Å². The first kappa shape index (κ1) is 20.0. The van der Waals surface area contributed by atoms with Crippen LogP contribution in [0.15, 0.2) is 54.6 Å². The highest BCUT2D eigenvalue weighted by Gasteiger charge is 2.50. The van der Waals surface area contributed by atoms with Gasteiger partial charge in [-0.15, -0.1) is 0 Å². The van der Waals surface area contributed by atoms with E-state index in [2.05, 4.69) is 66.8 Å². The molecule has 2 fully saturated rings. The molecule has 3 heteroatoms. The predicted octanol–water partition coefficient (Wildman–Crippen LogP) is 6.02. The molecule has 1 spiro atoms. The molecule has 154 valence electrons. The van der Waals surface area contributed by atoms with Crippen molar-refractivity contribution in [3.8, 4) is 0 Å². The maximum atomic E-state index is 12.3. The van der Waals surface area contributed by atoms with Gasteiger partial charge in [0.2, 0.25) is 0 Å². The Balaban J connectivity index is 1.21. The predicted molar refractivity (Wildman–Crippen MR) is 117 cm³/mol. The summed E-state index contributed by atoms with van der Waals surface area (Å²) in [6.07, 6.45) is 8.74. The molecule has 0 radical (unpaired) electrons. The van der Waals surface area contributed by atoms with Gasteiger partial charge in [-0.05, 0) is 74.0 Å². The molecule has 4 rings (SSSR count). The molecule has 2 aliphatic rings. The van der Waals surface area contributed by atoms with E-state index in [4.69, 9.17) is 4.74 Å². The Kier molecular flexibility index (Phi) is 6.22. The maximum absolute atomic E-state index is 12.3. The highest BCUT2D eigenvalue weighted by Crippen LogP contribution is 2.55. The lowest BCUT2D eigenvalue weighted by Crippen LogP contribution is -2.50. The number of amides is 1. The molecular formula is C26H33NO2. The molecule has 0 saturated heterocycles. The molecule has 29 heavy (non-hydrogen) atoms. The molecule has 1 amide bonds. The molecule has 0 aromatic heterocycles. The minimum atomic E-state index is -0.246. The van der Waals surface area contributed by atoms with Gasteiger partial charge >= 0.3 is 6.09 Å². The number of carbonyl (C=O) groups excluding carboxylic acids is 1. The molecular weight excluding hydrogens is 358 g/mol. The first-order valence-electron chi connectivity index (χ1n) is 11.3. The highest BCUT2D eigenvalue weighted by atomic mass is 16.6. The standard InChI is InChI=1S/C26H33NO2/c1-2-20-8-10-21(11-9-20)15-19-27-25(28)29-24-14-18-26(24)16-12-23(13-17-26)22-6-4-3-5-7-22/h3-11,23-24H,2,12-19H2,1H3,(H,27,28). The second-order valence-corrected chi connectivity index (χ2v) is 8.83. The average Bonchev–Trinajstić information content (AvgIpc) is 2.78. The van der Waals surface area contributed by atoms with Gasteiger partial charge in [-0.2, -0.15) is 0 Å². The van der Waals surface area contributed by atoms with Crippen molar-refractivity contribution in [2.75, 3.05) is 6.54 Å². The van der Waals surface area contributed by atoms with E-state index >= 15 is 0 Å². The van der Waals surface area contributed by atoms with E-state index in [1.807, 2.05) is 0 Å². The first-order valence-corrected chi connectivity index (χ1v) is 11.3.